The van der Waals surface area contributed by atoms with Crippen molar-refractivity contribution in [2.45, 2.75) is 26.2 Å². The van der Waals surface area contributed by atoms with Gasteiger partial charge in [-0.2, -0.15) is 0 Å². The Hall–Kier alpha value is -1.95. The van der Waals surface area contributed by atoms with Crippen LogP contribution in [0.15, 0.2) is 24.3 Å². The van der Waals surface area contributed by atoms with Gasteiger partial charge < -0.3 is 19.7 Å². The van der Waals surface area contributed by atoms with Gasteiger partial charge in [0.1, 0.15) is 18.1 Å². The SMILES string of the molecule is CCCCCNC(=O)N1CCN(CCOc2ccc(OC)cc2)CC1. The lowest BCUT2D eigenvalue weighted by Gasteiger charge is -2.34. The molecule has 25 heavy (non-hydrogen) atoms. The van der Waals surface area contributed by atoms with E-state index in [2.05, 4.69) is 17.1 Å². The fraction of sp³-hybridized carbons (Fsp3) is 0.632. The summed E-state index contributed by atoms with van der Waals surface area (Å²) in [5.74, 6) is 1.68. The molecule has 1 saturated heterocycles. The monoisotopic (exact) mass is 349 g/mol. The summed E-state index contributed by atoms with van der Waals surface area (Å²) in [7, 11) is 1.65. The summed E-state index contributed by atoms with van der Waals surface area (Å²) in [4.78, 5) is 16.3. The highest BCUT2D eigenvalue weighted by atomic mass is 16.5. The fourth-order valence-electron chi connectivity index (χ4n) is 2.82. The van der Waals surface area contributed by atoms with Crippen LogP contribution in [0.4, 0.5) is 4.79 Å². The molecule has 0 bridgehead atoms. The zero-order valence-electron chi connectivity index (χ0n) is 15.5. The normalized spacial score (nSPS) is 15.0. The lowest BCUT2D eigenvalue weighted by atomic mass is 10.2. The first-order valence-corrected chi connectivity index (χ1v) is 9.25. The van der Waals surface area contributed by atoms with Gasteiger partial charge in [-0.1, -0.05) is 19.8 Å². The predicted molar refractivity (Wildman–Crippen MR) is 99.4 cm³/mol. The van der Waals surface area contributed by atoms with Crippen LogP contribution in [0.1, 0.15) is 26.2 Å². The van der Waals surface area contributed by atoms with E-state index in [-0.39, 0.29) is 6.03 Å². The average Bonchev–Trinajstić information content (AvgIpc) is 2.66. The fourth-order valence-corrected chi connectivity index (χ4v) is 2.82. The highest BCUT2D eigenvalue weighted by Gasteiger charge is 2.20. The zero-order chi connectivity index (χ0) is 17.9. The van der Waals surface area contributed by atoms with Gasteiger partial charge in [-0.3, -0.25) is 4.90 Å². The maximum atomic E-state index is 12.1. The molecule has 140 valence electrons. The van der Waals surface area contributed by atoms with Crippen LogP contribution in [0, 0.1) is 0 Å². The first-order chi connectivity index (χ1) is 12.2. The topological polar surface area (TPSA) is 54.0 Å². The third-order valence-electron chi connectivity index (χ3n) is 4.45. The summed E-state index contributed by atoms with van der Waals surface area (Å²) in [6.45, 7) is 7.82. The van der Waals surface area contributed by atoms with Crippen molar-refractivity contribution in [1.29, 1.82) is 0 Å². The first-order valence-electron chi connectivity index (χ1n) is 9.25. The van der Waals surface area contributed by atoms with Crippen molar-refractivity contribution in [1.82, 2.24) is 15.1 Å². The van der Waals surface area contributed by atoms with Crippen LogP contribution in [-0.2, 0) is 0 Å². The van der Waals surface area contributed by atoms with Gasteiger partial charge in [0.25, 0.3) is 0 Å². The van der Waals surface area contributed by atoms with E-state index in [0.717, 1.165) is 57.2 Å². The van der Waals surface area contributed by atoms with E-state index in [1.54, 1.807) is 7.11 Å². The number of nitrogens with zero attached hydrogens (tertiary/aromatic N) is 2. The van der Waals surface area contributed by atoms with Crippen LogP contribution in [0.25, 0.3) is 0 Å². The second kappa shape index (κ2) is 10.8. The van der Waals surface area contributed by atoms with Crippen molar-refractivity contribution in [3.63, 3.8) is 0 Å². The molecule has 1 fully saturated rings. The summed E-state index contributed by atoms with van der Waals surface area (Å²) >= 11 is 0. The van der Waals surface area contributed by atoms with E-state index in [0.29, 0.717) is 6.61 Å². The number of piperazine rings is 1. The van der Waals surface area contributed by atoms with Crippen LogP contribution in [0.2, 0.25) is 0 Å². The standard InChI is InChI=1S/C19H31N3O3/c1-3-4-5-10-20-19(23)22-13-11-21(12-14-22)15-16-25-18-8-6-17(24-2)7-9-18/h6-9H,3-5,10-16H2,1-2H3,(H,20,23). The van der Waals surface area contributed by atoms with Gasteiger partial charge in [-0.25, -0.2) is 4.79 Å². The van der Waals surface area contributed by atoms with Gasteiger partial charge in [0, 0.05) is 39.3 Å². The number of unbranched alkanes of at least 4 members (excludes halogenated alkanes) is 2. The minimum absolute atomic E-state index is 0.0743. The molecule has 2 rings (SSSR count). The number of carbonyl (C=O) groups excluding carboxylic acids is 1. The van der Waals surface area contributed by atoms with Gasteiger partial charge in [0.05, 0.1) is 7.11 Å². The number of ether oxygens (including phenoxy) is 2. The largest absolute Gasteiger partial charge is 0.497 e. The van der Waals surface area contributed by atoms with Gasteiger partial charge in [0.15, 0.2) is 0 Å². The molecule has 0 spiro atoms. The number of hydrogen-bond acceptors (Lipinski definition) is 4. The molecule has 0 atom stereocenters. The second-order valence-electron chi connectivity index (χ2n) is 6.29. The number of rotatable bonds is 9. The molecule has 1 aromatic carbocycles. The molecule has 0 saturated carbocycles. The Bertz CT molecular complexity index is 499. The Balaban J connectivity index is 1.59. The average molecular weight is 349 g/mol. The molecule has 1 N–H and O–H groups in total. The van der Waals surface area contributed by atoms with E-state index < -0.39 is 0 Å². The lowest BCUT2D eigenvalue weighted by Crippen LogP contribution is -2.52. The van der Waals surface area contributed by atoms with Gasteiger partial charge in [-0.05, 0) is 30.7 Å². The zero-order valence-corrected chi connectivity index (χ0v) is 15.5. The molecule has 1 heterocycles. The molecule has 1 aromatic rings. The molecule has 0 radical (unpaired) electrons. The minimum Gasteiger partial charge on any atom is -0.497 e. The predicted octanol–water partition coefficient (Wildman–Crippen LogP) is 2.59. The van der Waals surface area contributed by atoms with E-state index in [1.807, 2.05) is 29.2 Å². The summed E-state index contributed by atoms with van der Waals surface area (Å²) < 4.78 is 10.9. The number of urea groups is 1. The summed E-state index contributed by atoms with van der Waals surface area (Å²) in [5.41, 5.74) is 0. The van der Waals surface area contributed by atoms with Gasteiger partial charge in [0.2, 0.25) is 0 Å². The van der Waals surface area contributed by atoms with E-state index in [4.69, 9.17) is 9.47 Å². The number of hydrogen-bond donors (Lipinski definition) is 1. The molecule has 0 unspecified atom stereocenters. The van der Waals surface area contributed by atoms with Crippen LogP contribution in [-0.4, -0.2) is 68.8 Å². The smallest absolute Gasteiger partial charge is 0.317 e. The first kappa shape index (κ1) is 19.4. The van der Waals surface area contributed by atoms with E-state index in [9.17, 15) is 4.79 Å². The van der Waals surface area contributed by atoms with Crippen molar-refractivity contribution in [2.75, 3.05) is 53.0 Å². The quantitative estimate of drug-likeness (QED) is 0.696. The molecular formula is C19H31N3O3. The van der Waals surface area contributed by atoms with Gasteiger partial charge >= 0.3 is 6.03 Å². The highest BCUT2D eigenvalue weighted by molar-refractivity contribution is 5.74. The molecule has 0 aliphatic carbocycles. The molecule has 6 nitrogen and oxygen atoms in total. The number of amides is 2. The van der Waals surface area contributed by atoms with Crippen LogP contribution < -0.4 is 14.8 Å². The Labute approximate surface area is 151 Å². The maximum absolute atomic E-state index is 12.1. The van der Waals surface area contributed by atoms with E-state index >= 15 is 0 Å². The third-order valence-corrected chi connectivity index (χ3v) is 4.45. The molecule has 6 heteroatoms. The van der Waals surface area contributed by atoms with Crippen LogP contribution >= 0.6 is 0 Å². The maximum Gasteiger partial charge on any atom is 0.317 e. The van der Waals surface area contributed by atoms with Crippen molar-refractivity contribution in [2.24, 2.45) is 0 Å². The number of carbonyl (C=O) groups is 1. The summed E-state index contributed by atoms with van der Waals surface area (Å²) in [6, 6.07) is 7.70. The Morgan fingerprint density at radius 3 is 2.40 bits per heavy atom. The molecule has 1 aliphatic heterocycles. The van der Waals surface area contributed by atoms with E-state index in [1.165, 1.54) is 12.8 Å². The van der Waals surface area contributed by atoms with Crippen molar-refractivity contribution < 1.29 is 14.3 Å². The van der Waals surface area contributed by atoms with Crippen LogP contribution in [0.5, 0.6) is 11.5 Å². The molecular weight excluding hydrogens is 318 g/mol. The molecule has 1 aliphatic rings. The highest BCUT2D eigenvalue weighted by Crippen LogP contribution is 2.16. The van der Waals surface area contributed by atoms with Crippen molar-refractivity contribution in [3.05, 3.63) is 24.3 Å². The number of nitrogens with one attached hydrogen (secondary N) is 1. The Kier molecular flexibility index (Phi) is 8.39. The third kappa shape index (κ3) is 6.82. The van der Waals surface area contributed by atoms with Gasteiger partial charge in [-0.15, -0.1) is 0 Å². The lowest BCUT2D eigenvalue weighted by molar-refractivity contribution is 0.126. The molecule has 2 amide bonds. The minimum atomic E-state index is 0.0743. The number of methoxy groups -OCH3 is 1. The van der Waals surface area contributed by atoms with Crippen molar-refractivity contribution in [3.8, 4) is 11.5 Å². The summed E-state index contributed by atoms with van der Waals surface area (Å²) in [5, 5.41) is 3.01. The summed E-state index contributed by atoms with van der Waals surface area (Å²) in [6.07, 6.45) is 3.40. The second-order valence-corrected chi connectivity index (χ2v) is 6.29. The van der Waals surface area contributed by atoms with Crippen LogP contribution in [0.3, 0.4) is 0 Å². The number of benzene rings is 1. The van der Waals surface area contributed by atoms with Crippen molar-refractivity contribution >= 4 is 6.03 Å². The Morgan fingerprint density at radius 2 is 1.76 bits per heavy atom. The Morgan fingerprint density at radius 1 is 1.08 bits per heavy atom. The molecule has 0 aromatic heterocycles.